The summed E-state index contributed by atoms with van der Waals surface area (Å²) in [6.45, 7) is 3.96. The number of rotatable bonds is 3. The largest absolute Gasteiger partial charge is 0.416 e. The minimum atomic E-state index is -4.42. The fourth-order valence-electron chi connectivity index (χ4n) is 4.67. The van der Waals surface area contributed by atoms with Gasteiger partial charge in [-0.3, -0.25) is 4.79 Å². The fraction of sp³-hybridized carbons (Fsp3) is 0.391. The van der Waals surface area contributed by atoms with Gasteiger partial charge in [0.25, 0.3) is 0 Å². The summed E-state index contributed by atoms with van der Waals surface area (Å²) in [7, 11) is 0. The van der Waals surface area contributed by atoms with Gasteiger partial charge in [-0.25, -0.2) is 0 Å². The first-order valence-electron chi connectivity index (χ1n) is 10.3. The van der Waals surface area contributed by atoms with Gasteiger partial charge in [-0.15, -0.1) is 0 Å². The Bertz CT molecular complexity index is 1030. The number of anilines is 2. The standard InChI is InChI=1S/C23H23F3N4O/c1-2-28-22(31)18-12-16-11-17(23(24,25)26)7-8-20(16)30-10-9-29(14-21(18)30)19-6-4-3-5-15(19)13-27/h3-8,11,18,21H,2,9-10,12,14H2,1H3,(H,28,31)/t18-,21+/m1/s1. The summed E-state index contributed by atoms with van der Waals surface area (Å²) >= 11 is 0. The van der Waals surface area contributed by atoms with E-state index in [4.69, 9.17) is 0 Å². The molecule has 0 unspecified atom stereocenters. The lowest BCUT2D eigenvalue weighted by atomic mass is 9.82. The Morgan fingerprint density at radius 3 is 2.68 bits per heavy atom. The molecule has 1 fully saturated rings. The first-order chi connectivity index (χ1) is 14.8. The monoisotopic (exact) mass is 428 g/mol. The van der Waals surface area contributed by atoms with Crippen molar-refractivity contribution < 1.29 is 18.0 Å². The van der Waals surface area contributed by atoms with Gasteiger partial charge in [0.05, 0.1) is 28.8 Å². The lowest BCUT2D eigenvalue weighted by Gasteiger charge is -2.49. The van der Waals surface area contributed by atoms with Crippen molar-refractivity contribution in [3.63, 3.8) is 0 Å². The highest BCUT2D eigenvalue weighted by Gasteiger charge is 2.42. The minimum absolute atomic E-state index is 0.156. The molecule has 1 N–H and O–H groups in total. The fourth-order valence-corrected chi connectivity index (χ4v) is 4.67. The second-order valence-corrected chi connectivity index (χ2v) is 7.88. The number of piperazine rings is 1. The number of carbonyl (C=O) groups is 1. The number of halogens is 3. The second kappa shape index (κ2) is 8.14. The number of alkyl halides is 3. The summed E-state index contributed by atoms with van der Waals surface area (Å²) in [6, 6.07) is 13.2. The maximum absolute atomic E-state index is 13.3. The van der Waals surface area contributed by atoms with Gasteiger partial charge >= 0.3 is 6.18 Å². The molecular formula is C23H23F3N4O. The van der Waals surface area contributed by atoms with E-state index in [0.29, 0.717) is 37.3 Å². The number of amides is 1. The number of nitrogens with one attached hydrogen (secondary N) is 1. The van der Waals surface area contributed by atoms with E-state index in [1.807, 2.05) is 25.1 Å². The third-order valence-electron chi connectivity index (χ3n) is 6.09. The van der Waals surface area contributed by atoms with Gasteiger partial charge in [0.1, 0.15) is 6.07 Å². The van der Waals surface area contributed by atoms with Crippen LogP contribution in [0.3, 0.4) is 0 Å². The van der Waals surface area contributed by atoms with Crippen molar-refractivity contribution in [2.24, 2.45) is 5.92 Å². The summed E-state index contributed by atoms with van der Waals surface area (Å²) in [5.74, 6) is -0.635. The lowest BCUT2D eigenvalue weighted by molar-refractivity contribution is -0.137. The maximum Gasteiger partial charge on any atom is 0.416 e. The highest BCUT2D eigenvalue weighted by molar-refractivity contribution is 5.82. The zero-order valence-electron chi connectivity index (χ0n) is 17.1. The summed E-state index contributed by atoms with van der Waals surface area (Å²) in [5.41, 5.74) is 2.00. The molecule has 0 spiro atoms. The van der Waals surface area contributed by atoms with Crippen LogP contribution in [0.1, 0.15) is 23.6 Å². The lowest BCUT2D eigenvalue weighted by Crippen LogP contribution is -2.61. The van der Waals surface area contributed by atoms with Crippen LogP contribution in [0.5, 0.6) is 0 Å². The normalized spacial score (nSPS) is 20.5. The van der Waals surface area contributed by atoms with Crippen molar-refractivity contribution in [3.05, 3.63) is 59.2 Å². The Labute approximate surface area is 179 Å². The minimum Gasteiger partial charge on any atom is -0.367 e. The zero-order valence-corrected chi connectivity index (χ0v) is 17.1. The van der Waals surface area contributed by atoms with Crippen molar-refractivity contribution in [2.75, 3.05) is 36.0 Å². The molecular weight excluding hydrogens is 405 g/mol. The molecule has 5 nitrogen and oxygen atoms in total. The van der Waals surface area contributed by atoms with Gasteiger partial charge in [0, 0.05) is 31.9 Å². The van der Waals surface area contributed by atoms with Gasteiger partial charge in [0.2, 0.25) is 5.91 Å². The first-order valence-corrected chi connectivity index (χ1v) is 10.3. The zero-order chi connectivity index (χ0) is 22.2. The molecule has 2 aromatic carbocycles. The molecule has 8 heteroatoms. The molecule has 4 rings (SSSR count). The molecule has 0 aliphatic carbocycles. The molecule has 2 aliphatic rings. The molecule has 2 aromatic rings. The highest BCUT2D eigenvalue weighted by atomic mass is 19.4. The predicted octanol–water partition coefficient (Wildman–Crippen LogP) is 3.58. The molecule has 2 heterocycles. The Morgan fingerprint density at radius 2 is 1.97 bits per heavy atom. The second-order valence-electron chi connectivity index (χ2n) is 7.88. The molecule has 0 saturated carbocycles. The van der Waals surface area contributed by atoms with E-state index in [9.17, 15) is 23.2 Å². The van der Waals surface area contributed by atoms with Crippen LogP contribution in [0.4, 0.5) is 24.5 Å². The summed E-state index contributed by atoms with van der Waals surface area (Å²) in [6.07, 6.45) is -4.17. The van der Waals surface area contributed by atoms with Crippen molar-refractivity contribution in [3.8, 4) is 6.07 Å². The first kappa shape index (κ1) is 21.0. The molecule has 31 heavy (non-hydrogen) atoms. The molecule has 1 saturated heterocycles. The van der Waals surface area contributed by atoms with E-state index in [2.05, 4.69) is 21.2 Å². The van der Waals surface area contributed by atoms with Crippen LogP contribution in [0.2, 0.25) is 0 Å². The molecule has 1 amide bonds. The average molecular weight is 428 g/mol. The third-order valence-corrected chi connectivity index (χ3v) is 6.09. The molecule has 2 atom stereocenters. The van der Waals surface area contributed by atoms with Gasteiger partial charge in [-0.05, 0) is 49.2 Å². The quantitative estimate of drug-likeness (QED) is 0.812. The smallest absolute Gasteiger partial charge is 0.367 e. The maximum atomic E-state index is 13.3. The Hall–Kier alpha value is -3.21. The number of para-hydroxylation sites is 1. The van der Waals surface area contributed by atoms with E-state index in [1.165, 1.54) is 12.1 Å². The molecule has 162 valence electrons. The van der Waals surface area contributed by atoms with Crippen LogP contribution in [-0.2, 0) is 17.4 Å². The van der Waals surface area contributed by atoms with E-state index in [-0.39, 0.29) is 18.4 Å². The van der Waals surface area contributed by atoms with E-state index in [0.717, 1.165) is 17.4 Å². The van der Waals surface area contributed by atoms with E-state index >= 15 is 0 Å². The van der Waals surface area contributed by atoms with Crippen LogP contribution in [-0.4, -0.2) is 38.1 Å². The molecule has 0 bridgehead atoms. The Kier molecular flexibility index (Phi) is 5.52. The molecule has 2 aliphatic heterocycles. The van der Waals surface area contributed by atoms with Gasteiger partial charge < -0.3 is 15.1 Å². The van der Waals surface area contributed by atoms with Crippen molar-refractivity contribution in [1.29, 1.82) is 5.26 Å². The number of hydrogen-bond donors (Lipinski definition) is 1. The number of carbonyl (C=O) groups excluding carboxylic acids is 1. The van der Waals surface area contributed by atoms with Crippen molar-refractivity contribution in [2.45, 2.75) is 25.6 Å². The van der Waals surface area contributed by atoms with Crippen LogP contribution in [0.25, 0.3) is 0 Å². The summed E-state index contributed by atoms with van der Waals surface area (Å²) < 4.78 is 39.8. The van der Waals surface area contributed by atoms with Gasteiger partial charge in [-0.2, -0.15) is 18.4 Å². The van der Waals surface area contributed by atoms with Crippen LogP contribution < -0.4 is 15.1 Å². The summed E-state index contributed by atoms with van der Waals surface area (Å²) in [4.78, 5) is 17.0. The highest BCUT2D eigenvalue weighted by Crippen LogP contribution is 2.40. The van der Waals surface area contributed by atoms with Crippen molar-refractivity contribution >= 4 is 17.3 Å². The SMILES string of the molecule is CCNC(=O)[C@@H]1Cc2cc(C(F)(F)F)ccc2N2CCN(c3ccccc3C#N)C[C@@H]12. The Morgan fingerprint density at radius 1 is 1.19 bits per heavy atom. The molecule has 0 aromatic heterocycles. The number of fused-ring (bicyclic) bond motifs is 3. The van der Waals surface area contributed by atoms with Crippen LogP contribution in [0, 0.1) is 17.2 Å². The van der Waals surface area contributed by atoms with Gasteiger partial charge in [0.15, 0.2) is 0 Å². The van der Waals surface area contributed by atoms with E-state index in [1.54, 1.807) is 6.07 Å². The van der Waals surface area contributed by atoms with Crippen molar-refractivity contribution in [1.82, 2.24) is 5.32 Å². The number of benzene rings is 2. The topological polar surface area (TPSA) is 59.4 Å². The predicted molar refractivity (Wildman–Crippen MR) is 112 cm³/mol. The summed E-state index contributed by atoms with van der Waals surface area (Å²) in [5, 5.41) is 12.3. The third kappa shape index (κ3) is 3.92. The van der Waals surface area contributed by atoms with Crippen LogP contribution >= 0.6 is 0 Å². The van der Waals surface area contributed by atoms with Gasteiger partial charge in [-0.1, -0.05) is 12.1 Å². The van der Waals surface area contributed by atoms with E-state index < -0.39 is 17.7 Å². The average Bonchev–Trinajstić information content (AvgIpc) is 2.77. The number of nitrogens with zero attached hydrogens (tertiary/aromatic N) is 3. The molecule has 0 radical (unpaired) electrons. The number of nitriles is 1. The van der Waals surface area contributed by atoms with Crippen LogP contribution in [0.15, 0.2) is 42.5 Å². The number of hydrogen-bond acceptors (Lipinski definition) is 4. The Balaban J connectivity index is 1.71.